The van der Waals surface area contributed by atoms with Gasteiger partial charge in [-0.05, 0) is 40.2 Å². The molecule has 14 heavy (non-hydrogen) atoms. The van der Waals surface area contributed by atoms with Crippen molar-refractivity contribution in [1.82, 2.24) is 0 Å². The molecule has 1 heterocycles. The van der Waals surface area contributed by atoms with Gasteiger partial charge in [-0.15, -0.1) is 6.42 Å². The lowest BCUT2D eigenvalue weighted by atomic mass is 9.97. The van der Waals surface area contributed by atoms with Crippen LogP contribution in [0.15, 0.2) is 5.57 Å². The summed E-state index contributed by atoms with van der Waals surface area (Å²) in [5.41, 5.74) is -0.0147. The summed E-state index contributed by atoms with van der Waals surface area (Å²) >= 11 is 0. The normalized spacial score (nSPS) is 29.9. The fraction of sp³-hybridized carbons (Fsp3) is 0.667. The lowest BCUT2D eigenvalue weighted by molar-refractivity contribution is -0.150. The van der Waals surface area contributed by atoms with Crippen molar-refractivity contribution >= 4 is 0 Å². The Labute approximate surface area is 86.3 Å². The zero-order valence-electron chi connectivity index (χ0n) is 9.02. The molecular weight excluding hydrogens is 176 g/mol. The maximum atomic E-state index is 7.35. The molecular formula is C12H16O2. The number of hydrogen-bond donors (Lipinski definition) is 0. The van der Waals surface area contributed by atoms with Crippen LogP contribution in [0.5, 0.6) is 0 Å². The molecule has 0 saturated carbocycles. The van der Waals surface area contributed by atoms with Gasteiger partial charge in [-0.1, -0.05) is 11.5 Å². The summed E-state index contributed by atoms with van der Waals surface area (Å²) in [6, 6.07) is 0. The second kappa shape index (κ2) is 3.76. The fourth-order valence-electron chi connectivity index (χ4n) is 1.48. The minimum absolute atomic E-state index is 0.420. The van der Waals surface area contributed by atoms with Gasteiger partial charge in [-0.3, -0.25) is 0 Å². The maximum absolute atomic E-state index is 7.35. The molecule has 1 aliphatic heterocycles. The molecule has 0 aromatic heterocycles. The number of allylic oxidation sites excluding steroid dienone is 1. The standard InChI is InChI=1S/C12H16O2/c1-6-12(8-7-10(2)3)9-13-11(4,5)14-12/h1H,7-9H2,2,4-5H3/t12-/m0/s1. The lowest BCUT2D eigenvalue weighted by Crippen LogP contribution is -2.32. The predicted molar refractivity (Wildman–Crippen MR) is 54.3 cm³/mol. The Kier molecular flexibility index (Phi) is 3.04. The Hall–Kier alpha value is -0.780. The highest BCUT2D eigenvalue weighted by atomic mass is 16.8. The van der Waals surface area contributed by atoms with Crippen molar-refractivity contribution in [2.75, 3.05) is 6.61 Å². The summed E-state index contributed by atoms with van der Waals surface area (Å²) in [6.45, 7) is 13.2. The molecule has 0 unspecified atom stereocenters. The molecule has 1 saturated heterocycles. The van der Waals surface area contributed by atoms with Crippen molar-refractivity contribution in [3.05, 3.63) is 12.2 Å². The Morgan fingerprint density at radius 2 is 2.21 bits per heavy atom. The van der Waals surface area contributed by atoms with Crippen molar-refractivity contribution in [1.29, 1.82) is 0 Å². The van der Waals surface area contributed by atoms with E-state index in [1.165, 1.54) is 0 Å². The number of hydrogen-bond acceptors (Lipinski definition) is 2. The first-order valence-corrected chi connectivity index (χ1v) is 4.75. The first-order chi connectivity index (χ1) is 6.39. The van der Waals surface area contributed by atoms with Gasteiger partial charge >= 0.3 is 0 Å². The van der Waals surface area contributed by atoms with Crippen LogP contribution in [0, 0.1) is 18.9 Å². The van der Waals surface area contributed by atoms with E-state index in [0.29, 0.717) is 25.0 Å². The van der Waals surface area contributed by atoms with Crippen molar-refractivity contribution in [3.63, 3.8) is 0 Å². The number of terminal acetylenes is 1. The molecule has 1 atom stereocenters. The summed E-state index contributed by atoms with van der Waals surface area (Å²) in [6.07, 6.45) is 6.76. The minimum Gasteiger partial charge on any atom is -0.346 e. The van der Waals surface area contributed by atoms with E-state index >= 15 is 0 Å². The van der Waals surface area contributed by atoms with Crippen LogP contribution in [-0.4, -0.2) is 18.0 Å². The molecule has 76 valence electrons. The molecule has 0 aliphatic carbocycles. The van der Waals surface area contributed by atoms with Gasteiger partial charge in [0.25, 0.3) is 0 Å². The summed E-state index contributed by atoms with van der Waals surface area (Å²) < 4.78 is 11.1. The van der Waals surface area contributed by atoms with E-state index in [-0.39, 0.29) is 0 Å². The summed E-state index contributed by atoms with van der Waals surface area (Å²) in [7, 11) is 0. The largest absolute Gasteiger partial charge is 0.346 e. The molecule has 2 radical (unpaired) electrons. The molecule has 0 amide bonds. The molecule has 0 spiro atoms. The van der Waals surface area contributed by atoms with Crippen LogP contribution < -0.4 is 0 Å². The van der Waals surface area contributed by atoms with Crippen LogP contribution in [0.1, 0.15) is 33.6 Å². The van der Waals surface area contributed by atoms with E-state index in [2.05, 4.69) is 5.92 Å². The fourth-order valence-corrected chi connectivity index (χ4v) is 1.48. The van der Waals surface area contributed by atoms with Gasteiger partial charge in [0.1, 0.15) is 0 Å². The van der Waals surface area contributed by atoms with Crippen molar-refractivity contribution in [3.8, 4) is 12.3 Å². The highest BCUT2D eigenvalue weighted by Crippen LogP contribution is 2.34. The first kappa shape index (κ1) is 11.3. The highest BCUT2D eigenvalue weighted by Gasteiger charge is 2.43. The molecule has 1 fully saturated rings. The Bertz CT molecular complexity index is 273. The average Bonchev–Trinajstić information content (AvgIpc) is 2.40. The van der Waals surface area contributed by atoms with Crippen LogP contribution in [0.25, 0.3) is 0 Å². The molecule has 1 aliphatic rings. The van der Waals surface area contributed by atoms with Gasteiger partial charge in [0, 0.05) is 0 Å². The van der Waals surface area contributed by atoms with Crippen LogP contribution in [0.3, 0.4) is 0 Å². The smallest absolute Gasteiger partial charge is 0.165 e. The topological polar surface area (TPSA) is 18.5 Å². The second-order valence-corrected chi connectivity index (χ2v) is 4.21. The van der Waals surface area contributed by atoms with Crippen molar-refractivity contribution in [2.24, 2.45) is 0 Å². The second-order valence-electron chi connectivity index (χ2n) is 4.21. The molecule has 1 rings (SSSR count). The average molecular weight is 192 g/mol. The Morgan fingerprint density at radius 3 is 2.57 bits per heavy atom. The van der Waals surface area contributed by atoms with E-state index < -0.39 is 11.4 Å². The van der Waals surface area contributed by atoms with Gasteiger partial charge < -0.3 is 9.47 Å². The van der Waals surface area contributed by atoms with Gasteiger partial charge in [-0.2, -0.15) is 0 Å². The third-order valence-electron chi connectivity index (χ3n) is 2.26. The van der Waals surface area contributed by atoms with E-state index in [9.17, 15) is 0 Å². The lowest BCUT2D eigenvalue weighted by Gasteiger charge is -2.23. The Morgan fingerprint density at radius 1 is 1.57 bits per heavy atom. The highest BCUT2D eigenvalue weighted by molar-refractivity contribution is 5.13. The molecule has 0 N–H and O–H groups in total. The first-order valence-electron chi connectivity index (χ1n) is 4.75. The SMILES string of the molecule is [C]=C(C)CC[C@@]1(C#C)COC(C)(C)O1. The zero-order valence-corrected chi connectivity index (χ0v) is 9.02. The van der Waals surface area contributed by atoms with E-state index in [0.717, 1.165) is 0 Å². The quantitative estimate of drug-likeness (QED) is 0.638. The van der Waals surface area contributed by atoms with Crippen LogP contribution in [-0.2, 0) is 9.47 Å². The van der Waals surface area contributed by atoms with Gasteiger partial charge in [0.2, 0.25) is 0 Å². The van der Waals surface area contributed by atoms with E-state index in [4.69, 9.17) is 22.5 Å². The van der Waals surface area contributed by atoms with Crippen molar-refractivity contribution < 1.29 is 9.47 Å². The van der Waals surface area contributed by atoms with Gasteiger partial charge in [-0.25, -0.2) is 0 Å². The summed E-state index contributed by atoms with van der Waals surface area (Å²) in [5.74, 6) is 2.05. The summed E-state index contributed by atoms with van der Waals surface area (Å²) in [4.78, 5) is 0. The van der Waals surface area contributed by atoms with E-state index in [1.807, 2.05) is 13.8 Å². The molecule has 2 nitrogen and oxygen atoms in total. The third kappa shape index (κ3) is 2.60. The van der Waals surface area contributed by atoms with Gasteiger partial charge in [0.15, 0.2) is 11.4 Å². The molecule has 0 aromatic carbocycles. The van der Waals surface area contributed by atoms with Crippen molar-refractivity contribution in [2.45, 2.75) is 45.0 Å². The minimum atomic E-state index is -0.633. The third-order valence-corrected chi connectivity index (χ3v) is 2.26. The monoisotopic (exact) mass is 192 g/mol. The molecule has 2 heteroatoms. The number of rotatable bonds is 3. The van der Waals surface area contributed by atoms with Crippen LogP contribution >= 0.6 is 0 Å². The number of ether oxygens (including phenoxy) is 2. The zero-order chi connectivity index (χ0) is 10.8. The van der Waals surface area contributed by atoms with Gasteiger partial charge in [0.05, 0.1) is 6.61 Å². The predicted octanol–water partition coefficient (Wildman–Crippen LogP) is 2.18. The summed E-state index contributed by atoms with van der Waals surface area (Å²) in [5, 5.41) is 0. The van der Waals surface area contributed by atoms with Crippen LogP contribution in [0.2, 0.25) is 0 Å². The van der Waals surface area contributed by atoms with E-state index in [1.54, 1.807) is 6.92 Å². The Balaban J connectivity index is 2.62. The van der Waals surface area contributed by atoms with Crippen LogP contribution in [0.4, 0.5) is 0 Å². The molecule has 0 aromatic rings. The maximum Gasteiger partial charge on any atom is 0.165 e. The molecule has 0 bridgehead atoms.